The zero-order chi connectivity index (χ0) is 41.3. The van der Waals surface area contributed by atoms with Gasteiger partial charge in [0.25, 0.3) is 0 Å². The Hall–Kier alpha value is -5.64. The van der Waals surface area contributed by atoms with E-state index in [1.54, 1.807) is 0 Å². The molecule has 1 aliphatic heterocycles. The maximum atomic E-state index is 6.81. The van der Waals surface area contributed by atoms with Crippen LogP contribution >= 0.6 is 0 Å². The molecule has 306 valence electrons. The Labute approximate surface area is 369 Å². The van der Waals surface area contributed by atoms with Gasteiger partial charge in [-0.25, -0.2) is 4.98 Å². The van der Waals surface area contributed by atoms with E-state index in [0.29, 0.717) is 11.5 Å². The van der Waals surface area contributed by atoms with Gasteiger partial charge in [-0.2, -0.15) is 6.07 Å². The summed E-state index contributed by atoms with van der Waals surface area (Å²) in [6, 6.07) is 54.8. The van der Waals surface area contributed by atoms with E-state index < -0.39 is 0 Å². The van der Waals surface area contributed by atoms with Crippen molar-refractivity contribution in [2.75, 3.05) is 9.80 Å². The summed E-state index contributed by atoms with van der Waals surface area (Å²) in [5.74, 6) is 2.10. The fourth-order valence-corrected chi connectivity index (χ4v) is 7.93. The number of anilines is 4. The number of benzene rings is 6. The summed E-state index contributed by atoms with van der Waals surface area (Å²) in [7, 11) is 0. The van der Waals surface area contributed by atoms with Crippen molar-refractivity contribution in [1.29, 1.82) is 0 Å². The van der Waals surface area contributed by atoms with Crippen LogP contribution in [0.3, 0.4) is 0 Å². The van der Waals surface area contributed by atoms with Crippen LogP contribution in [0.25, 0.3) is 38.8 Å². The van der Waals surface area contributed by atoms with Gasteiger partial charge in [-0.1, -0.05) is 135 Å². The Morgan fingerprint density at radius 1 is 0.533 bits per heavy atom. The Morgan fingerprint density at radius 2 is 1.18 bits per heavy atom. The molecule has 0 spiro atoms. The molecule has 0 atom stereocenters. The molecule has 3 heterocycles. The summed E-state index contributed by atoms with van der Waals surface area (Å²) in [4.78, 5) is 9.41. The second-order valence-corrected chi connectivity index (χ2v) is 18.8. The van der Waals surface area contributed by atoms with Crippen molar-refractivity contribution in [2.45, 2.75) is 78.6 Å². The van der Waals surface area contributed by atoms with E-state index in [4.69, 9.17) is 9.72 Å². The van der Waals surface area contributed by atoms with Crippen LogP contribution in [-0.2, 0) is 37.3 Å². The molecule has 0 saturated heterocycles. The fraction of sp³-hybridized carbons (Fsp3) is 0.222. The topological polar surface area (TPSA) is 33.5 Å². The number of pyridine rings is 1. The second-order valence-electron chi connectivity index (χ2n) is 18.8. The average Bonchev–Trinajstić information content (AvgIpc) is 3.76. The molecular formula is C54H51N4OPt-3. The SMILES string of the molecule is CC(C)(C)c1cc(Oc2[c-]c3c(cc2)c2ccccc2n3-c2cc(C(C)(C)C)ccn2)[c-]c(N2[CH-]N(c3cc(-c4ccccc4)cc(C(C)(C)C)c3)c3ccccc32)c1.[Pt]. The molecule has 0 bridgehead atoms. The summed E-state index contributed by atoms with van der Waals surface area (Å²) in [5, 5.41) is 2.24. The van der Waals surface area contributed by atoms with Crippen LogP contribution in [-0.4, -0.2) is 9.55 Å². The first kappa shape index (κ1) is 41.1. The van der Waals surface area contributed by atoms with Crippen LogP contribution in [0.15, 0.2) is 140 Å². The molecule has 0 aliphatic carbocycles. The number of aromatic nitrogens is 2. The van der Waals surface area contributed by atoms with Crippen LogP contribution in [0.4, 0.5) is 22.7 Å². The average molecular weight is 967 g/mol. The van der Waals surface area contributed by atoms with Crippen molar-refractivity contribution >= 4 is 44.6 Å². The predicted octanol–water partition coefficient (Wildman–Crippen LogP) is 14.5. The summed E-state index contributed by atoms with van der Waals surface area (Å²) < 4.78 is 9.01. The molecule has 60 heavy (non-hydrogen) atoms. The third-order valence-corrected chi connectivity index (χ3v) is 11.4. The van der Waals surface area contributed by atoms with Crippen molar-refractivity contribution in [3.05, 3.63) is 175 Å². The van der Waals surface area contributed by atoms with Gasteiger partial charge in [0.15, 0.2) is 0 Å². The first-order chi connectivity index (χ1) is 28.1. The van der Waals surface area contributed by atoms with Gasteiger partial charge >= 0.3 is 0 Å². The van der Waals surface area contributed by atoms with Gasteiger partial charge in [0, 0.05) is 61.3 Å². The molecule has 9 rings (SSSR count). The number of para-hydroxylation sites is 3. The van der Waals surface area contributed by atoms with Crippen LogP contribution in [0.2, 0.25) is 0 Å². The van der Waals surface area contributed by atoms with Crippen LogP contribution in [0.1, 0.15) is 79.0 Å². The van der Waals surface area contributed by atoms with Crippen molar-refractivity contribution < 1.29 is 25.8 Å². The maximum Gasteiger partial charge on any atom is 0.135 e. The molecule has 0 radical (unpaired) electrons. The molecule has 0 N–H and O–H groups in total. The van der Waals surface area contributed by atoms with Gasteiger partial charge in [-0.05, 0) is 86.3 Å². The molecule has 0 saturated carbocycles. The van der Waals surface area contributed by atoms with E-state index in [-0.39, 0.29) is 37.3 Å². The Morgan fingerprint density at radius 3 is 1.90 bits per heavy atom. The van der Waals surface area contributed by atoms with E-state index in [9.17, 15) is 0 Å². The Kier molecular flexibility index (Phi) is 10.6. The van der Waals surface area contributed by atoms with E-state index in [1.807, 2.05) is 12.3 Å². The molecule has 0 fully saturated rings. The monoisotopic (exact) mass is 966 g/mol. The van der Waals surface area contributed by atoms with E-state index in [1.165, 1.54) is 22.3 Å². The quantitative estimate of drug-likeness (QED) is 0.156. The molecule has 8 aromatic rings. The first-order valence-corrected chi connectivity index (χ1v) is 20.5. The van der Waals surface area contributed by atoms with E-state index in [0.717, 1.165) is 55.9 Å². The molecule has 6 aromatic carbocycles. The molecule has 0 unspecified atom stereocenters. The minimum absolute atomic E-state index is 0. The molecule has 2 aromatic heterocycles. The zero-order valence-corrected chi connectivity index (χ0v) is 38.1. The second kappa shape index (κ2) is 15.4. The number of ether oxygens (including phenoxy) is 1. The van der Waals surface area contributed by atoms with Crippen LogP contribution in [0.5, 0.6) is 11.5 Å². The zero-order valence-electron chi connectivity index (χ0n) is 35.9. The van der Waals surface area contributed by atoms with Crippen molar-refractivity contribution in [1.82, 2.24) is 9.55 Å². The normalized spacial score (nSPS) is 13.2. The van der Waals surface area contributed by atoms with Gasteiger partial charge < -0.3 is 19.1 Å². The predicted molar refractivity (Wildman–Crippen MR) is 246 cm³/mol. The third-order valence-electron chi connectivity index (χ3n) is 11.4. The van der Waals surface area contributed by atoms with Crippen molar-refractivity contribution in [2.24, 2.45) is 0 Å². The minimum Gasteiger partial charge on any atom is -0.509 e. The van der Waals surface area contributed by atoms with Crippen molar-refractivity contribution in [3.8, 4) is 28.4 Å². The van der Waals surface area contributed by atoms with E-state index in [2.05, 4.69) is 223 Å². The number of fused-ring (bicyclic) bond motifs is 4. The fourth-order valence-electron chi connectivity index (χ4n) is 7.93. The third kappa shape index (κ3) is 7.77. The van der Waals surface area contributed by atoms with Gasteiger partial charge in [-0.3, -0.25) is 0 Å². The van der Waals surface area contributed by atoms with Gasteiger partial charge in [0.2, 0.25) is 0 Å². The summed E-state index contributed by atoms with van der Waals surface area (Å²) in [5.41, 5.74) is 12.0. The maximum absolute atomic E-state index is 6.81. The standard InChI is InChI=1S/C54H51N4O.Pt/c1-52(2,3)38-25-26-55-51(32-38)58-47-20-14-13-19-45(47)46-24-23-43(34-50(46)58)59-44-31-40(54(7,8)9)30-42(33-44)57-35-56(48-21-15-16-22-49(48)57)41-28-37(36-17-11-10-12-18-36)27-39(29-41)53(4,5)6;/h10-32,35H,1-9H3;/q-3;. The smallest absolute Gasteiger partial charge is 0.135 e. The molecular weight excluding hydrogens is 916 g/mol. The number of hydrogen-bond acceptors (Lipinski definition) is 4. The first-order valence-electron chi connectivity index (χ1n) is 20.5. The Bertz CT molecular complexity index is 2860. The van der Waals surface area contributed by atoms with E-state index >= 15 is 0 Å². The Balaban J connectivity index is 0.00000499. The molecule has 0 amide bonds. The van der Waals surface area contributed by atoms with Gasteiger partial charge in [0.1, 0.15) is 5.82 Å². The number of rotatable bonds is 6. The minimum atomic E-state index is -0.156. The number of nitrogens with zero attached hydrogens (tertiary/aromatic N) is 4. The summed E-state index contributed by atoms with van der Waals surface area (Å²) in [6.07, 6.45) is 1.91. The molecule has 1 aliphatic rings. The van der Waals surface area contributed by atoms with Crippen LogP contribution in [0, 0.1) is 18.8 Å². The van der Waals surface area contributed by atoms with Gasteiger partial charge in [-0.15, -0.1) is 53.6 Å². The largest absolute Gasteiger partial charge is 0.509 e. The summed E-state index contributed by atoms with van der Waals surface area (Å²) in [6.45, 7) is 22.4. The van der Waals surface area contributed by atoms with Crippen molar-refractivity contribution in [3.63, 3.8) is 0 Å². The molecule has 5 nitrogen and oxygen atoms in total. The van der Waals surface area contributed by atoms with Gasteiger partial charge in [0.05, 0.1) is 0 Å². The number of hydrogen-bond donors (Lipinski definition) is 0. The van der Waals surface area contributed by atoms with Crippen LogP contribution < -0.4 is 14.5 Å². The summed E-state index contributed by atoms with van der Waals surface area (Å²) >= 11 is 0. The molecule has 6 heteroatoms.